The Balaban J connectivity index is 2.22. The van der Waals surface area contributed by atoms with Gasteiger partial charge >= 0.3 is 0 Å². The van der Waals surface area contributed by atoms with Crippen molar-refractivity contribution in [3.05, 3.63) is 47.0 Å². The molecule has 108 valence electrons. The highest BCUT2D eigenvalue weighted by Gasteiger charge is 2.16. The van der Waals surface area contributed by atoms with E-state index in [0.29, 0.717) is 24.5 Å². The van der Waals surface area contributed by atoms with Gasteiger partial charge in [-0.25, -0.2) is 4.98 Å². The maximum Gasteiger partial charge on any atom is 0.254 e. The molecule has 0 unspecified atom stereocenters. The third kappa shape index (κ3) is 3.46. The number of nitrogens with zero attached hydrogens (tertiary/aromatic N) is 3. The zero-order valence-electron chi connectivity index (χ0n) is 12.1. The van der Waals surface area contributed by atoms with Gasteiger partial charge in [0.1, 0.15) is 12.2 Å². The molecule has 1 amide bonds. The lowest BCUT2D eigenvalue weighted by molar-refractivity contribution is 0.0781. The van der Waals surface area contributed by atoms with Crippen LogP contribution in [0.4, 0.5) is 0 Å². The van der Waals surface area contributed by atoms with Gasteiger partial charge in [-0.05, 0) is 24.6 Å². The molecule has 2 aromatic rings. The van der Waals surface area contributed by atoms with Crippen molar-refractivity contribution in [3.63, 3.8) is 0 Å². The van der Waals surface area contributed by atoms with E-state index < -0.39 is 0 Å². The van der Waals surface area contributed by atoms with Crippen molar-refractivity contribution in [2.75, 3.05) is 13.6 Å². The summed E-state index contributed by atoms with van der Waals surface area (Å²) in [4.78, 5) is 18.1. The lowest BCUT2D eigenvalue weighted by Crippen LogP contribution is -2.27. The SMILES string of the molecule is Cc1c(C#CCN)cccc1C(=O)N(C)Cc1ncn[nH]1. The summed E-state index contributed by atoms with van der Waals surface area (Å²) in [6.45, 7) is 2.55. The molecule has 1 aromatic heterocycles. The summed E-state index contributed by atoms with van der Waals surface area (Å²) in [7, 11) is 1.72. The summed E-state index contributed by atoms with van der Waals surface area (Å²) < 4.78 is 0. The molecule has 0 fully saturated rings. The van der Waals surface area contributed by atoms with Gasteiger partial charge in [-0.15, -0.1) is 0 Å². The molecule has 1 aromatic carbocycles. The number of rotatable bonds is 3. The van der Waals surface area contributed by atoms with Crippen molar-refractivity contribution in [2.24, 2.45) is 5.73 Å². The average molecular weight is 283 g/mol. The average Bonchev–Trinajstić information content (AvgIpc) is 2.98. The smallest absolute Gasteiger partial charge is 0.254 e. The molecule has 0 saturated carbocycles. The fourth-order valence-electron chi connectivity index (χ4n) is 1.96. The fraction of sp³-hybridized carbons (Fsp3) is 0.267. The van der Waals surface area contributed by atoms with E-state index in [0.717, 1.165) is 11.1 Å². The first-order valence-electron chi connectivity index (χ1n) is 6.51. The second-order valence-electron chi connectivity index (χ2n) is 4.58. The highest BCUT2D eigenvalue weighted by Crippen LogP contribution is 2.15. The van der Waals surface area contributed by atoms with Crippen LogP contribution in [0.3, 0.4) is 0 Å². The molecule has 6 heteroatoms. The van der Waals surface area contributed by atoms with E-state index in [1.807, 2.05) is 19.1 Å². The molecule has 1 heterocycles. The second kappa shape index (κ2) is 6.68. The van der Waals surface area contributed by atoms with Crippen LogP contribution in [0.2, 0.25) is 0 Å². The third-order valence-electron chi connectivity index (χ3n) is 3.09. The van der Waals surface area contributed by atoms with Crippen LogP contribution in [0.25, 0.3) is 0 Å². The summed E-state index contributed by atoms with van der Waals surface area (Å²) >= 11 is 0. The molecule has 6 nitrogen and oxygen atoms in total. The van der Waals surface area contributed by atoms with Crippen molar-refractivity contribution >= 4 is 5.91 Å². The lowest BCUT2D eigenvalue weighted by Gasteiger charge is -2.17. The molecule has 0 aliphatic heterocycles. The minimum absolute atomic E-state index is 0.0831. The number of aromatic nitrogens is 3. The Bertz CT molecular complexity index is 682. The summed E-state index contributed by atoms with van der Waals surface area (Å²) in [5, 5.41) is 6.51. The van der Waals surface area contributed by atoms with Crippen LogP contribution in [0, 0.1) is 18.8 Å². The van der Waals surface area contributed by atoms with Crippen LogP contribution in [-0.4, -0.2) is 39.6 Å². The largest absolute Gasteiger partial charge is 0.334 e. The minimum Gasteiger partial charge on any atom is -0.334 e. The summed E-state index contributed by atoms with van der Waals surface area (Å²) in [6.07, 6.45) is 1.42. The molecule has 0 spiro atoms. The van der Waals surface area contributed by atoms with Gasteiger partial charge in [-0.3, -0.25) is 9.89 Å². The van der Waals surface area contributed by atoms with Gasteiger partial charge in [0.15, 0.2) is 0 Å². The maximum absolute atomic E-state index is 12.5. The van der Waals surface area contributed by atoms with Crippen molar-refractivity contribution in [2.45, 2.75) is 13.5 Å². The predicted octanol–water partition coefficient (Wildman–Crippen LogP) is 0.696. The van der Waals surface area contributed by atoms with Crippen LogP contribution >= 0.6 is 0 Å². The monoisotopic (exact) mass is 283 g/mol. The van der Waals surface area contributed by atoms with E-state index in [4.69, 9.17) is 5.73 Å². The number of H-pyrrole nitrogens is 1. The van der Waals surface area contributed by atoms with Crippen LogP contribution < -0.4 is 5.73 Å². The first-order chi connectivity index (χ1) is 10.1. The zero-order chi connectivity index (χ0) is 15.2. The number of nitrogens with two attached hydrogens (primary N) is 1. The Morgan fingerprint density at radius 1 is 1.48 bits per heavy atom. The van der Waals surface area contributed by atoms with Crippen LogP contribution in [0.1, 0.15) is 27.3 Å². The molecule has 2 rings (SSSR count). The van der Waals surface area contributed by atoms with E-state index >= 15 is 0 Å². The van der Waals surface area contributed by atoms with Gasteiger partial charge < -0.3 is 10.6 Å². The van der Waals surface area contributed by atoms with Gasteiger partial charge in [0, 0.05) is 18.2 Å². The molecule has 21 heavy (non-hydrogen) atoms. The van der Waals surface area contributed by atoms with Crippen molar-refractivity contribution in [1.29, 1.82) is 0 Å². The first-order valence-corrected chi connectivity index (χ1v) is 6.51. The molecule has 0 bridgehead atoms. The van der Waals surface area contributed by atoms with E-state index in [-0.39, 0.29) is 5.91 Å². The van der Waals surface area contributed by atoms with Gasteiger partial charge in [0.05, 0.1) is 13.1 Å². The van der Waals surface area contributed by atoms with Crippen molar-refractivity contribution < 1.29 is 4.79 Å². The molecule has 0 radical (unpaired) electrons. The molecular weight excluding hydrogens is 266 g/mol. The Hall–Kier alpha value is -2.65. The highest BCUT2D eigenvalue weighted by atomic mass is 16.2. The van der Waals surface area contributed by atoms with E-state index in [1.54, 1.807) is 18.0 Å². The minimum atomic E-state index is -0.0831. The quantitative estimate of drug-likeness (QED) is 0.811. The number of benzene rings is 1. The molecular formula is C15H17N5O. The predicted molar refractivity (Wildman–Crippen MR) is 79.3 cm³/mol. The number of aromatic amines is 1. The van der Waals surface area contributed by atoms with E-state index in [9.17, 15) is 4.79 Å². The summed E-state index contributed by atoms with van der Waals surface area (Å²) in [5.41, 5.74) is 7.68. The zero-order valence-corrected chi connectivity index (χ0v) is 12.1. The number of hydrogen-bond donors (Lipinski definition) is 2. The first kappa shape index (κ1) is 14.8. The normalized spacial score (nSPS) is 9.86. The molecule has 0 saturated heterocycles. The van der Waals surface area contributed by atoms with Crippen LogP contribution in [0.15, 0.2) is 24.5 Å². The van der Waals surface area contributed by atoms with Gasteiger partial charge in [-0.2, -0.15) is 5.10 Å². The van der Waals surface area contributed by atoms with Gasteiger partial charge in [0.2, 0.25) is 0 Å². The summed E-state index contributed by atoms with van der Waals surface area (Å²) in [6, 6.07) is 5.50. The van der Waals surface area contributed by atoms with E-state index in [2.05, 4.69) is 27.0 Å². The topological polar surface area (TPSA) is 87.9 Å². The third-order valence-corrected chi connectivity index (χ3v) is 3.09. The van der Waals surface area contributed by atoms with Crippen molar-refractivity contribution in [1.82, 2.24) is 20.1 Å². The molecule has 0 aliphatic rings. The van der Waals surface area contributed by atoms with Crippen molar-refractivity contribution in [3.8, 4) is 11.8 Å². The standard InChI is InChI=1S/C15H17N5O/c1-11-12(6-4-8-16)5-3-7-13(11)15(21)20(2)9-14-17-10-18-19-14/h3,5,7,10H,8-9,16H2,1-2H3,(H,17,18,19). The molecule has 0 aliphatic carbocycles. The number of carbonyl (C=O) groups is 1. The lowest BCUT2D eigenvalue weighted by atomic mass is 10.0. The van der Waals surface area contributed by atoms with Crippen LogP contribution in [0.5, 0.6) is 0 Å². The molecule has 0 atom stereocenters. The van der Waals surface area contributed by atoms with Gasteiger partial charge in [0.25, 0.3) is 5.91 Å². The highest BCUT2D eigenvalue weighted by molar-refractivity contribution is 5.96. The number of hydrogen-bond acceptors (Lipinski definition) is 4. The van der Waals surface area contributed by atoms with E-state index in [1.165, 1.54) is 6.33 Å². The Kier molecular flexibility index (Phi) is 4.69. The van der Waals surface area contributed by atoms with Crippen LogP contribution in [-0.2, 0) is 6.54 Å². The second-order valence-corrected chi connectivity index (χ2v) is 4.58. The fourth-order valence-corrected chi connectivity index (χ4v) is 1.96. The molecule has 3 N–H and O–H groups in total. The summed E-state index contributed by atoms with van der Waals surface area (Å²) in [5.74, 6) is 6.34. The number of nitrogens with one attached hydrogen (secondary N) is 1. The Labute approximate surface area is 123 Å². The Morgan fingerprint density at radius 3 is 2.95 bits per heavy atom. The van der Waals surface area contributed by atoms with Gasteiger partial charge in [-0.1, -0.05) is 17.9 Å². The maximum atomic E-state index is 12.5. The number of carbonyl (C=O) groups excluding carboxylic acids is 1. The Morgan fingerprint density at radius 2 is 2.29 bits per heavy atom. The number of amides is 1.